The van der Waals surface area contributed by atoms with Crippen LogP contribution < -0.4 is 0 Å². The van der Waals surface area contributed by atoms with Crippen molar-refractivity contribution in [2.75, 3.05) is 19.6 Å². The molecular formula is C7H13ClO. The maximum absolute atomic E-state index is 5.46. The number of methoxy groups -OCH3 is 1. The van der Waals surface area contributed by atoms with Gasteiger partial charge in [-0.3, -0.25) is 0 Å². The molecule has 0 unspecified atom stereocenters. The molecule has 0 fully saturated rings. The van der Waals surface area contributed by atoms with Gasteiger partial charge in [-0.05, 0) is 13.3 Å². The lowest BCUT2D eigenvalue weighted by atomic mass is 10.2. The van der Waals surface area contributed by atoms with Gasteiger partial charge in [0.25, 0.3) is 0 Å². The van der Waals surface area contributed by atoms with E-state index in [1.807, 2.05) is 6.08 Å². The molecule has 0 heterocycles. The van der Waals surface area contributed by atoms with Crippen LogP contribution in [0.5, 0.6) is 0 Å². The zero-order valence-electron chi connectivity index (χ0n) is 5.98. The Balaban J connectivity index is 3.25. The van der Waals surface area contributed by atoms with Crippen molar-refractivity contribution >= 4 is 11.6 Å². The number of rotatable bonds is 4. The molecule has 0 radical (unpaired) electrons. The summed E-state index contributed by atoms with van der Waals surface area (Å²) in [4.78, 5) is 0. The molecule has 0 aromatic carbocycles. The average molecular weight is 149 g/mol. The number of alkyl halides is 1. The van der Waals surface area contributed by atoms with Crippen LogP contribution in [0.15, 0.2) is 11.6 Å². The van der Waals surface area contributed by atoms with Crippen LogP contribution in [-0.4, -0.2) is 19.6 Å². The van der Waals surface area contributed by atoms with Gasteiger partial charge in [0.05, 0.1) is 0 Å². The number of hydrogen-bond donors (Lipinski definition) is 0. The highest BCUT2D eigenvalue weighted by Gasteiger charge is 1.86. The van der Waals surface area contributed by atoms with Gasteiger partial charge in [0.1, 0.15) is 0 Å². The Bertz CT molecular complexity index is 88.9. The van der Waals surface area contributed by atoms with Gasteiger partial charge in [0.15, 0.2) is 0 Å². The van der Waals surface area contributed by atoms with Crippen molar-refractivity contribution in [2.24, 2.45) is 0 Å². The Morgan fingerprint density at radius 3 is 2.78 bits per heavy atom. The second-order valence-corrected chi connectivity index (χ2v) is 2.26. The summed E-state index contributed by atoms with van der Waals surface area (Å²) in [5, 5.41) is 0. The summed E-state index contributed by atoms with van der Waals surface area (Å²) in [5.74, 6) is 0.607. The number of ether oxygens (including phenoxy) is 1. The first-order chi connectivity index (χ1) is 4.31. The van der Waals surface area contributed by atoms with Gasteiger partial charge in [0.2, 0.25) is 0 Å². The summed E-state index contributed by atoms with van der Waals surface area (Å²) < 4.78 is 4.87. The molecule has 0 aromatic rings. The molecule has 0 bridgehead atoms. The van der Waals surface area contributed by atoms with Crippen LogP contribution in [0.25, 0.3) is 0 Å². The minimum Gasteiger partial charge on any atom is -0.384 e. The zero-order valence-corrected chi connectivity index (χ0v) is 6.74. The molecule has 0 atom stereocenters. The molecule has 0 aliphatic rings. The first-order valence-electron chi connectivity index (χ1n) is 3.01. The Morgan fingerprint density at radius 2 is 2.33 bits per heavy atom. The van der Waals surface area contributed by atoms with Crippen LogP contribution in [0.3, 0.4) is 0 Å². The van der Waals surface area contributed by atoms with E-state index >= 15 is 0 Å². The van der Waals surface area contributed by atoms with Gasteiger partial charge < -0.3 is 4.74 Å². The van der Waals surface area contributed by atoms with Crippen molar-refractivity contribution in [1.82, 2.24) is 0 Å². The number of hydrogen-bond acceptors (Lipinski definition) is 1. The Morgan fingerprint density at radius 1 is 1.67 bits per heavy atom. The maximum Gasteiger partial charge on any atom is 0.0499 e. The van der Waals surface area contributed by atoms with E-state index in [1.54, 1.807) is 7.11 Å². The van der Waals surface area contributed by atoms with Crippen LogP contribution >= 0.6 is 11.6 Å². The van der Waals surface area contributed by atoms with Crippen LogP contribution in [-0.2, 0) is 4.74 Å². The van der Waals surface area contributed by atoms with Crippen molar-refractivity contribution in [2.45, 2.75) is 13.3 Å². The van der Waals surface area contributed by atoms with E-state index in [0.29, 0.717) is 5.88 Å². The predicted molar refractivity (Wildman–Crippen MR) is 41.0 cm³/mol. The summed E-state index contributed by atoms with van der Waals surface area (Å²) in [7, 11) is 1.70. The van der Waals surface area contributed by atoms with Crippen LogP contribution in [0.4, 0.5) is 0 Å². The van der Waals surface area contributed by atoms with Gasteiger partial charge in [0, 0.05) is 19.6 Å². The third-order valence-corrected chi connectivity index (χ3v) is 1.28. The minimum atomic E-state index is 0.607. The van der Waals surface area contributed by atoms with Gasteiger partial charge in [-0.2, -0.15) is 0 Å². The third-order valence-electron chi connectivity index (χ3n) is 1.13. The van der Waals surface area contributed by atoms with Crippen LogP contribution in [0.2, 0.25) is 0 Å². The van der Waals surface area contributed by atoms with Crippen molar-refractivity contribution in [1.29, 1.82) is 0 Å². The summed E-state index contributed by atoms with van der Waals surface area (Å²) in [6.45, 7) is 2.85. The SMILES string of the molecule is COCCC(C)=CCCl. The number of allylic oxidation sites excluding steroid dienone is 1. The lowest BCUT2D eigenvalue weighted by Gasteiger charge is -1.97. The fourth-order valence-electron chi connectivity index (χ4n) is 0.497. The van der Waals surface area contributed by atoms with E-state index in [0.717, 1.165) is 13.0 Å². The lowest BCUT2D eigenvalue weighted by Crippen LogP contribution is -1.88. The molecule has 1 nitrogen and oxygen atoms in total. The minimum absolute atomic E-state index is 0.607. The summed E-state index contributed by atoms with van der Waals surface area (Å²) >= 11 is 5.46. The van der Waals surface area contributed by atoms with Gasteiger partial charge in [-0.25, -0.2) is 0 Å². The van der Waals surface area contributed by atoms with E-state index < -0.39 is 0 Å². The van der Waals surface area contributed by atoms with Crippen molar-refractivity contribution in [3.63, 3.8) is 0 Å². The first kappa shape index (κ1) is 8.99. The third kappa shape index (κ3) is 5.87. The molecule has 9 heavy (non-hydrogen) atoms. The Hall–Kier alpha value is -0.0100. The molecule has 0 aromatic heterocycles. The molecule has 0 aliphatic carbocycles. The molecule has 0 rings (SSSR count). The molecule has 54 valence electrons. The smallest absolute Gasteiger partial charge is 0.0499 e. The molecule has 0 aliphatic heterocycles. The van der Waals surface area contributed by atoms with E-state index in [2.05, 4.69) is 6.92 Å². The average Bonchev–Trinajstić information content (AvgIpc) is 1.85. The lowest BCUT2D eigenvalue weighted by molar-refractivity contribution is 0.202. The normalized spacial score (nSPS) is 12.1. The highest BCUT2D eigenvalue weighted by molar-refractivity contribution is 6.18. The first-order valence-corrected chi connectivity index (χ1v) is 3.55. The highest BCUT2D eigenvalue weighted by Crippen LogP contribution is 1.99. The maximum atomic E-state index is 5.46. The summed E-state index contributed by atoms with van der Waals surface area (Å²) in [6.07, 6.45) is 2.99. The zero-order chi connectivity index (χ0) is 7.11. The summed E-state index contributed by atoms with van der Waals surface area (Å²) in [6, 6.07) is 0. The molecule has 0 saturated heterocycles. The van der Waals surface area contributed by atoms with Crippen molar-refractivity contribution in [3.8, 4) is 0 Å². The number of halogens is 1. The fourth-order valence-corrected chi connectivity index (χ4v) is 0.760. The molecular weight excluding hydrogens is 136 g/mol. The largest absolute Gasteiger partial charge is 0.384 e. The van der Waals surface area contributed by atoms with Crippen LogP contribution in [0.1, 0.15) is 13.3 Å². The second-order valence-electron chi connectivity index (χ2n) is 1.95. The van der Waals surface area contributed by atoms with E-state index in [9.17, 15) is 0 Å². The second kappa shape index (κ2) is 6.12. The topological polar surface area (TPSA) is 9.23 Å². The van der Waals surface area contributed by atoms with Gasteiger partial charge in [-0.1, -0.05) is 11.6 Å². The van der Waals surface area contributed by atoms with Gasteiger partial charge >= 0.3 is 0 Å². The predicted octanol–water partition coefficient (Wildman–Crippen LogP) is 2.21. The molecule has 0 spiro atoms. The van der Waals surface area contributed by atoms with Crippen LogP contribution in [0, 0.1) is 0 Å². The Kier molecular flexibility index (Phi) is 6.11. The van der Waals surface area contributed by atoms with E-state index in [4.69, 9.17) is 16.3 Å². The standard InChI is InChI=1S/C7H13ClO/c1-7(3-5-8)4-6-9-2/h3H,4-6H2,1-2H3. The van der Waals surface area contributed by atoms with Crippen molar-refractivity contribution < 1.29 is 4.74 Å². The van der Waals surface area contributed by atoms with E-state index in [1.165, 1.54) is 5.57 Å². The molecule has 2 heteroatoms. The molecule has 0 amide bonds. The Labute approximate surface area is 61.7 Å². The summed E-state index contributed by atoms with van der Waals surface area (Å²) in [5.41, 5.74) is 1.30. The van der Waals surface area contributed by atoms with Gasteiger partial charge in [-0.15, -0.1) is 11.6 Å². The quantitative estimate of drug-likeness (QED) is 0.439. The molecule has 0 saturated carbocycles. The highest BCUT2D eigenvalue weighted by atomic mass is 35.5. The monoisotopic (exact) mass is 148 g/mol. The van der Waals surface area contributed by atoms with Crippen molar-refractivity contribution in [3.05, 3.63) is 11.6 Å². The van der Waals surface area contributed by atoms with E-state index in [-0.39, 0.29) is 0 Å². The fraction of sp³-hybridized carbons (Fsp3) is 0.714. The molecule has 0 N–H and O–H groups in total.